The van der Waals surface area contributed by atoms with Crippen LogP contribution in [0.5, 0.6) is 5.75 Å². The van der Waals surface area contributed by atoms with Crippen LogP contribution in [0.25, 0.3) is 5.57 Å². The van der Waals surface area contributed by atoms with Gasteiger partial charge in [0.05, 0.1) is 13.5 Å². The molecule has 1 aromatic carbocycles. The highest BCUT2D eigenvalue weighted by atomic mass is 16.5. The van der Waals surface area contributed by atoms with Crippen LogP contribution in [-0.2, 0) is 9.59 Å². The van der Waals surface area contributed by atoms with Crippen molar-refractivity contribution in [3.63, 3.8) is 0 Å². The highest BCUT2D eigenvalue weighted by Gasteiger charge is 2.33. The van der Waals surface area contributed by atoms with Gasteiger partial charge in [-0.05, 0) is 44.0 Å². The van der Waals surface area contributed by atoms with Crippen molar-refractivity contribution in [2.75, 3.05) is 7.11 Å². The monoisotopic (exact) mass is 270 g/mol. The molecule has 3 heteroatoms. The predicted octanol–water partition coefficient (Wildman–Crippen LogP) is 3.35. The molecular formula is C17H18O3. The van der Waals surface area contributed by atoms with E-state index in [4.69, 9.17) is 4.74 Å². The van der Waals surface area contributed by atoms with E-state index in [-0.39, 0.29) is 18.0 Å². The minimum atomic E-state index is -0.0838. The molecule has 20 heavy (non-hydrogen) atoms. The Morgan fingerprint density at radius 1 is 0.950 bits per heavy atom. The molecule has 1 aromatic rings. The van der Waals surface area contributed by atoms with E-state index in [9.17, 15) is 9.59 Å². The van der Waals surface area contributed by atoms with Crippen LogP contribution in [0, 0.1) is 0 Å². The zero-order valence-electron chi connectivity index (χ0n) is 12.2. The summed E-state index contributed by atoms with van der Waals surface area (Å²) in [6.45, 7) is 5.62. The van der Waals surface area contributed by atoms with Gasteiger partial charge in [0.25, 0.3) is 0 Å². The lowest BCUT2D eigenvalue weighted by Gasteiger charge is -2.09. The van der Waals surface area contributed by atoms with E-state index in [2.05, 4.69) is 0 Å². The van der Waals surface area contributed by atoms with E-state index >= 15 is 0 Å². The Bertz CT molecular complexity index is 627. The average molecular weight is 270 g/mol. The lowest BCUT2D eigenvalue weighted by atomic mass is 9.95. The van der Waals surface area contributed by atoms with Crippen molar-refractivity contribution >= 4 is 17.1 Å². The number of hydrogen-bond acceptors (Lipinski definition) is 3. The molecule has 0 atom stereocenters. The molecule has 3 nitrogen and oxygen atoms in total. The Morgan fingerprint density at radius 3 is 2.00 bits per heavy atom. The number of allylic oxidation sites excluding steroid dienone is 4. The van der Waals surface area contributed by atoms with Crippen LogP contribution in [0.2, 0.25) is 0 Å². The maximum absolute atomic E-state index is 12.1. The summed E-state index contributed by atoms with van der Waals surface area (Å²) in [5.74, 6) is 0.611. The summed E-state index contributed by atoms with van der Waals surface area (Å²) in [6.07, 6.45) is -0.0106. The molecule has 0 saturated heterocycles. The zero-order chi connectivity index (χ0) is 14.9. The largest absolute Gasteiger partial charge is 0.497 e. The van der Waals surface area contributed by atoms with Gasteiger partial charge in [-0.1, -0.05) is 17.7 Å². The fraction of sp³-hybridized carbons (Fsp3) is 0.294. The fourth-order valence-electron chi connectivity index (χ4n) is 2.51. The normalized spacial score (nSPS) is 17.5. The smallest absolute Gasteiger partial charge is 0.171 e. The highest BCUT2D eigenvalue weighted by Crippen LogP contribution is 2.33. The maximum atomic E-state index is 12.1. The summed E-state index contributed by atoms with van der Waals surface area (Å²) >= 11 is 0. The molecular weight excluding hydrogens is 252 g/mol. The van der Waals surface area contributed by atoms with Crippen molar-refractivity contribution in [3.05, 3.63) is 46.5 Å². The van der Waals surface area contributed by atoms with Gasteiger partial charge in [0.1, 0.15) is 5.75 Å². The molecule has 0 radical (unpaired) electrons. The standard InChI is InChI=1S/C17H18O3/c1-10(2)16-14(18)9-15(19)17(16)11(3)12-5-7-13(20-4)8-6-12/h5-8H,9H2,1-4H3/b17-11-. The molecule has 104 valence electrons. The molecule has 1 saturated carbocycles. The third-order valence-electron chi connectivity index (χ3n) is 3.53. The van der Waals surface area contributed by atoms with Gasteiger partial charge in [0.15, 0.2) is 11.6 Å². The Kier molecular flexibility index (Phi) is 3.89. The molecule has 0 unspecified atom stereocenters. The number of hydrogen-bond donors (Lipinski definition) is 0. The van der Waals surface area contributed by atoms with E-state index in [1.165, 1.54) is 0 Å². The molecule has 0 amide bonds. The first-order chi connectivity index (χ1) is 9.45. The van der Waals surface area contributed by atoms with Gasteiger partial charge in [-0.3, -0.25) is 9.59 Å². The summed E-state index contributed by atoms with van der Waals surface area (Å²) in [4.78, 5) is 24.0. The number of Topliss-reactive ketones (excluding diaryl/α,β-unsaturated/α-hetero) is 2. The van der Waals surface area contributed by atoms with Crippen LogP contribution in [0.4, 0.5) is 0 Å². The van der Waals surface area contributed by atoms with Crippen molar-refractivity contribution < 1.29 is 14.3 Å². The van der Waals surface area contributed by atoms with Gasteiger partial charge in [-0.2, -0.15) is 0 Å². The van der Waals surface area contributed by atoms with Crippen molar-refractivity contribution in [2.24, 2.45) is 0 Å². The second kappa shape index (κ2) is 5.45. The van der Waals surface area contributed by atoms with Crippen LogP contribution >= 0.6 is 0 Å². The minimum absolute atomic E-state index is 0.0106. The molecule has 0 N–H and O–H groups in total. The molecule has 0 aromatic heterocycles. The average Bonchev–Trinajstić information content (AvgIpc) is 2.72. The van der Waals surface area contributed by atoms with Crippen LogP contribution < -0.4 is 4.74 Å². The van der Waals surface area contributed by atoms with Crippen LogP contribution in [0.3, 0.4) is 0 Å². The Labute approximate surface area is 118 Å². The van der Waals surface area contributed by atoms with Gasteiger partial charge in [-0.25, -0.2) is 0 Å². The van der Waals surface area contributed by atoms with E-state index in [1.807, 2.05) is 45.0 Å². The second-order valence-electron chi connectivity index (χ2n) is 5.13. The summed E-state index contributed by atoms with van der Waals surface area (Å²) < 4.78 is 5.13. The second-order valence-corrected chi connectivity index (χ2v) is 5.13. The number of benzene rings is 1. The number of carbonyl (C=O) groups excluding carboxylic acids is 2. The lowest BCUT2D eigenvalue weighted by Crippen LogP contribution is -1.99. The van der Waals surface area contributed by atoms with Crippen molar-refractivity contribution in [2.45, 2.75) is 27.2 Å². The third kappa shape index (κ3) is 2.44. The first-order valence-electron chi connectivity index (χ1n) is 6.55. The minimum Gasteiger partial charge on any atom is -0.497 e. The third-order valence-corrected chi connectivity index (χ3v) is 3.53. The van der Waals surface area contributed by atoms with Crippen molar-refractivity contribution in [1.29, 1.82) is 0 Å². The molecule has 1 aliphatic carbocycles. The molecule has 1 fully saturated rings. The predicted molar refractivity (Wildman–Crippen MR) is 78.6 cm³/mol. The summed E-state index contributed by atoms with van der Waals surface area (Å²) in [7, 11) is 1.61. The Balaban J connectivity index is 2.56. The molecule has 0 spiro atoms. The van der Waals surface area contributed by atoms with Crippen molar-refractivity contribution in [3.8, 4) is 5.75 Å². The topological polar surface area (TPSA) is 43.4 Å². The summed E-state index contributed by atoms with van der Waals surface area (Å²) in [5.41, 5.74) is 3.83. The zero-order valence-corrected chi connectivity index (χ0v) is 12.2. The number of carbonyl (C=O) groups is 2. The maximum Gasteiger partial charge on any atom is 0.171 e. The lowest BCUT2D eigenvalue weighted by molar-refractivity contribution is -0.120. The van der Waals surface area contributed by atoms with Crippen molar-refractivity contribution in [1.82, 2.24) is 0 Å². The number of methoxy groups -OCH3 is 1. The highest BCUT2D eigenvalue weighted by molar-refractivity contribution is 6.30. The Hall–Kier alpha value is -2.16. The Morgan fingerprint density at radius 2 is 1.50 bits per heavy atom. The van der Waals surface area contributed by atoms with E-state index in [1.54, 1.807) is 7.11 Å². The SMILES string of the molecule is COc1ccc(/C(C)=C2/C(=O)CC(=O)C2=C(C)C)cc1. The first kappa shape index (κ1) is 14.3. The quantitative estimate of drug-likeness (QED) is 0.611. The van der Waals surface area contributed by atoms with Gasteiger partial charge in [-0.15, -0.1) is 0 Å². The van der Waals surface area contributed by atoms with Gasteiger partial charge < -0.3 is 4.74 Å². The molecule has 0 bridgehead atoms. The van der Waals surface area contributed by atoms with E-state index in [0.29, 0.717) is 11.1 Å². The molecule has 0 aliphatic heterocycles. The number of ketones is 2. The molecule has 2 rings (SSSR count). The van der Waals surface area contributed by atoms with Gasteiger partial charge >= 0.3 is 0 Å². The first-order valence-corrected chi connectivity index (χ1v) is 6.55. The van der Waals surface area contributed by atoms with Crippen LogP contribution in [-0.4, -0.2) is 18.7 Å². The number of rotatable bonds is 2. The van der Waals surface area contributed by atoms with E-state index < -0.39 is 0 Å². The van der Waals surface area contributed by atoms with Gasteiger partial charge in [0, 0.05) is 11.1 Å². The summed E-state index contributed by atoms with van der Waals surface area (Å²) in [5, 5.41) is 0. The van der Waals surface area contributed by atoms with Gasteiger partial charge in [0.2, 0.25) is 0 Å². The molecule has 1 aliphatic rings. The molecule has 0 heterocycles. The van der Waals surface area contributed by atoms with E-state index in [0.717, 1.165) is 22.5 Å². The van der Waals surface area contributed by atoms with Crippen LogP contribution in [0.1, 0.15) is 32.8 Å². The summed E-state index contributed by atoms with van der Waals surface area (Å²) in [6, 6.07) is 7.51. The van der Waals surface area contributed by atoms with Crippen LogP contribution in [0.15, 0.2) is 41.0 Å². The fourth-order valence-corrected chi connectivity index (χ4v) is 2.51. The number of ether oxygens (including phenoxy) is 1.